The van der Waals surface area contributed by atoms with E-state index in [9.17, 15) is 19.2 Å². The Morgan fingerprint density at radius 2 is 1.78 bits per heavy atom. The molecule has 0 atom stereocenters. The van der Waals surface area contributed by atoms with Crippen LogP contribution in [0, 0.1) is 0 Å². The molecular formula is C17H18N6O4. The lowest BCUT2D eigenvalue weighted by Crippen LogP contribution is -2.37. The molecule has 0 aliphatic carbocycles. The first-order chi connectivity index (χ1) is 12.8. The molecule has 10 nitrogen and oxygen atoms in total. The van der Waals surface area contributed by atoms with Crippen molar-refractivity contribution < 1.29 is 9.59 Å². The minimum absolute atomic E-state index is 0.122. The number of imidazole rings is 1. The Morgan fingerprint density at radius 3 is 2.41 bits per heavy atom. The van der Waals surface area contributed by atoms with Crippen LogP contribution in [0.3, 0.4) is 0 Å². The molecule has 1 aromatic carbocycles. The number of nitrogens with one attached hydrogen (secondary N) is 1. The summed E-state index contributed by atoms with van der Waals surface area (Å²) >= 11 is 0. The van der Waals surface area contributed by atoms with Crippen LogP contribution in [-0.2, 0) is 36.6 Å². The maximum atomic E-state index is 12.4. The van der Waals surface area contributed by atoms with Crippen LogP contribution in [0.25, 0.3) is 11.2 Å². The van der Waals surface area contributed by atoms with Crippen LogP contribution < -0.4 is 22.3 Å². The van der Waals surface area contributed by atoms with Gasteiger partial charge in [-0.25, -0.2) is 9.78 Å². The second-order valence-electron chi connectivity index (χ2n) is 6.14. The van der Waals surface area contributed by atoms with Crippen LogP contribution >= 0.6 is 0 Å². The first-order valence-corrected chi connectivity index (χ1v) is 8.06. The number of nitrogens with zero attached hydrogens (tertiary/aromatic N) is 4. The number of hydrogen-bond acceptors (Lipinski definition) is 5. The lowest BCUT2D eigenvalue weighted by atomic mass is 10.1. The highest BCUT2D eigenvalue weighted by molar-refractivity contribution is 5.91. The Bertz CT molecular complexity index is 1150. The number of fused-ring (bicyclic) bond motifs is 1. The zero-order chi connectivity index (χ0) is 19.7. The first-order valence-electron chi connectivity index (χ1n) is 8.06. The monoisotopic (exact) mass is 370 g/mol. The minimum atomic E-state index is -0.519. The Labute approximate surface area is 152 Å². The van der Waals surface area contributed by atoms with Gasteiger partial charge in [-0.3, -0.25) is 23.5 Å². The van der Waals surface area contributed by atoms with E-state index in [1.807, 2.05) is 0 Å². The second-order valence-corrected chi connectivity index (χ2v) is 6.14. The number of aryl methyl sites for hydroxylation is 1. The van der Waals surface area contributed by atoms with Gasteiger partial charge in [0.15, 0.2) is 11.2 Å². The third-order valence-electron chi connectivity index (χ3n) is 4.15. The van der Waals surface area contributed by atoms with Gasteiger partial charge in [0.25, 0.3) is 5.56 Å². The summed E-state index contributed by atoms with van der Waals surface area (Å²) in [5.74, 6) is -0.803. The van der Waals surface area contributed by atoms with Crippen molar-refractivity contribution in [3.63, 3.8) is 0 Å². The third kappa shape index (κ3) is 3.50. The fourth-order valence-corrected chi connectivity index (χ4v) is 2.78. The normalized spacial score (nSPS) is 10.9. The molecule has 0 spiro atoms. The molecule has 0 fully saturated rings. The Balaban J connectivity index is 1.82. The van der Waals surface area contributed by atoms with Gasteiger partial charge >= 0.3 is 5.69 Å². The van der Waals surface area contributed by atoms with Crippen molar-refractivity contribution in [3.05, 3.63) is 57.0 Å². The van der Waals surface area contributed by atoms with Crippen LogP contribution in [0.15, 0.2) is 40.2 Å². The highest BCUT2D eigenvalue weighted by Crippen LogP contribution is 2.11. The quantitative estimate of drug-likeness (QED) is 0.600. The zero-order valence-corrected chi connectivity index (χ0v) is 14.8. The summed E-state index contributed by atoms with van der Waals surface area (Å²) in [7, 11) is 2.88. The van der Waals surface area contributed by atoms with Gasteiger partial charge in [0.05, 0.1) is 12.7 Å². The van der Waals surface area contributed by atoms with Gasteiger partial charge in [-0.2, -0.15) is 0 Å². The Morgan fingerprint density at radius 1 is 1.11 bits per heavy atom. The minimum Gasteiger partial charge on any atom is -0.369 e. The molecule has 140 valence electrons. The molecule has 10 heteroatoms. The van der Waals surface area contributed by atoms with E-state index < -0.39 is 17.2 Å². The molecular weight excluding hydrogens is 352 g/mol. The Kier molecular flexibility index (Phi) is 4.63. The topological polar surface area (TPSA) is 134 Å². The molecule has 0 bridgehead atoms. The number of primary amides is 1. The van der Waals surface area contributed by atoms with Gasteiger partial charge in [0.1, 0.15) is 6.54 Å². The highest BCUT2D eigenvalue weighted by Gasteiger charge is 2.16. The number of nitrogens with two attached hydrogens (primary N) is 1. The van der Waals surface area contributed by atoms with Crippen molar-refractivity contribution in [3.8, 4) is 0 Å². The number of rotatable bonds is 5. The number of amides is 2. The molecule has 0 unspecified atom stereocenters. The molecule has 0 aliphatic heterocycles. The smallest absolute Gasteiger partial charge is 0.332 e. The van der Waals surface area contributed by atoms with E-state index in [1.165, 1.54) is 29.6 Å². The van der Waals surface area contributed by atoms with E-state index in [1.54, 1.807) is 24.3 Å². The van der Waals surface area contributed by atoms with E-state index >= 15 is 0 Å². The largest absolute Gasteiger partial charge is 0.369 e. The summed E-state index contributed by atoms with van der Waals surface area (Å²) in [6, 6.07) is 6.70. The van der Waals surface area contributed by atoms with E-state index in [4.69, 9.17) is 5.73 Å². The summed E-state index contributed by atoms with van der Waals surface area (Å²) in [5.41, 5.74) is 5.80. The average Bonchev–Trinajstić information content (AvgIpc) is 3.03. The van der Waals surface area contributed by atoms with Crippen molar-refractivity contribution >= 4 is 28.7 Å². The molecule has 3 aromatic rings. The summed E-state index contributed by atoms with van der Waals surface area (Å²) in [6.45, 7) is -0.146. The van der Waals surface area contributed by atoms with Crippen molar-refractivity contribution in [1.29, 1.82) is 0 Å². The predicted octanol–water partition coefficient (Wildman–Crippen LogP) is -0.900. The summed E-state index contributed by atoms with van der Waals surface area (Å²) in [4.78, 5) is 51.6. The molecule has 0 saturated carbocycles. The molecule has 3 rings (SSSR count). The number of carbonyl (C=O) groups is 2. The van der Waals surface area contributed by atoms with E-state index in [0.29, 0.717) is 5.69 Å². The fraction of sp³-hybridized carbons (Fsp3) is 0.235. The van der Waals surface area contributed by atoms with Crippen LogP contribution in [0.1, 0.15) is 5.56 Å². The van der Waals surface area contributed by atoms with Crippen molar-refractivity contribution in [1.82, 2.24) is 18.7 Å². The number of benzene rings is 1. The molecule has 0 aliphatic rings. The number of hydrogen-bond donors (Lipinski definition) is 2. The molecule has 2 amide bonds. The first kappa shape index (κ1) is 18.1. The van der Waals surface area contributed by atoms with Crippen LogP contribution in [0.5, 0.6) is 0 Å². The average molecular weight is 370 g/mol. The standard InChI is InChI=1S/C17H18N6O4/c1-21-15-14(16(26)22(2)17(21)27)23(9-19-15)8-13(25)20-11-5-3-10(4-6-11)7-12(18)24/h3-6,9H,7-8H2,1-2H3,(H2,18,24)(H,20,25). The van der Waals surface area contributed by atoms with E-state index in [2.05, 4.69) is 10.3 Å². The molecule has 0 saturated heterocycles. The van der Waals surface area contributed by atoms with E-state index in [0.717, 1.165) is 10.1 Å². The zero-order valence-electron chi connectivity index (χ0n) is 14.8. The SMILES string of the molecule is Cn1c(=O)c2c(ncn2CC(=O)Nc2ccc(CC(N)=O)cc2)n(C)c1=O. The van der Waals surface area contributed by atoms with Gasteiger partial charge in [-0.1, -0.05) is 12.1 Å². The van der Waals surface area contributed by atoms with Crippen LogP contribution in [0.4, 0.5) is 5.69 Å². The molecule has 2 heterocycles. The van der Waals surface area contributed by atoms with Gasteiger partial charge in [-0.15, -0.1) is 0 Å². The maximum Gasteiger partial charge on any atom is 0.332 e. The number of anilines is 1. The van der Waals surface area contributed by atoms with E-state index in [-0.39, 0.29) is 30.0 Å². The fourth-order valence-electron chi connectivity index (χ4n) is 2.78. The van der Waals surface area contributed by atoms with Crippen LogP contribution in [-0.4, -0.2) is 30.5 Å². The second kappa shape index (κ2) is 6.90. The lowest BCUT2D eigenvalue weighted by molar-refractivity contribution is -0.118. The van der Waals surface area contributed by atoms with Gasteiger partial charge in [0, 0.05) is 19.8 Å². The highest BCUT2D eigenvalue weighted by atomic mass is 16.2. The summed E-state index contributed by atoms with van der Waals surface area (Å²) in [6.07, 6.45) is 1.47. The van der Waals surface area contributed by atoms with Crippen molar-refractivity contribution in [2.24, 2.45) is 19.8 Å². The van der Waals surface area contributed by atoms with Crippen molar-refractivity contribution in [2.75, 3.05) is 5.32 Å². The van der Waals surface area contributed by atoms with Crippen molar-refractivity contribution in [2.45, 2.75) is 13.0 Å². The van der Waals surface area contributed by atoms with Gasteiger partial charge in [-0.05, 0) is 17.7 Å². The Hall–Kier alpha value is -3.69. The van der Waals surface area contributed by atoms with Gasteiger partial charge in [0.2, 0.25) is 11.8 Å². The lowest BCUT2D eigenvalue weighted by Gasteiger charge is -2.08. The predicted molar refractivity (Wildman–Crippen MR) is 98.2 cm³/mol. The van der Waals surface area contributed by atoms with Crippen LogP contribution in [0.2, 0.25) is 0 Å². The van der Waals surface area contributed by atoms with Gasteiger partial charge < -0.3 is 15.6 Å². The number of carbonyl (C=O) groups excluding carboxylic acids is 2. The molecule has 0 radical (unpaired) electrons. The summed E-state index contributed by atoms with van der Waals surface area (Å²) in [5, 5.41) is 2.70. The molecule has 2 aromatic heterocycles. The third-order valence-corrected chi connectivity index (χ3v) is 4.15. The maximum absolute atomic E-state index is 12.4. The molecule has 3 N–H and O–H groups in total. The summed E-state index contributed by atoms with van der Waals surface area (Å²) < 4.78 is 3.62. The molecule has 27 heavy (non-hydrogen) atoms. The number of aromatic nitrogens is 4.